The molecule has 0 aliphatic carbocycles. The first-order valence-electron chi connectivity index (χ1n) is 8.94. The molecular formula is C19H18N6O3S. The third kappa shape index (κ3) is 4.11. The van der Waals surface area contributed by atoms with Crippen LogP contribution >= 0.6 is 11.3 Å². The lowest BCUT2D eigenvalue weighted by molar-refractivity contribution is -0.153. The van der Waals surface area contributed by atoms with E-state index in [1.165, 1.54) is 22.3 Å². The number of aromatic nitrogens is 6. The Hall–Kier alpha value is -3.27. The molecule has 0 N–H and O–H groups in total. The SMILES string of the molecule is CC(C)(C)OC(=O)Cc1nn(Cc2nc3ccccc3s2)c(=O)c2nncnc12. The number of esters is 1. The number of benzene rings is 1. The summed E-state index contributed by atoms with van der Waals surface area (Å²) in [7, 11) is 0. The maximum atomic E-state index is 12.8. The maximum absolute atomic E-state index is 12.8. The summed E-state index contributed by atoms with van der Waals surface area (Å²) in [6.07, 6.45) is 1.09. The highest BCUT2D eigenvalue weighted by atomic mass is 32.1. The monoisotopic (exact) mass is 410 g/mol. The fourth-order valence-corrected chi connectivity index (χ4v) is 3.80. The molecule has 0 atom stereocenters. The molecule has 4 rings (SSSR count). The molecule has 0 saturated heterocycles. The van der Waals surface area contributed by atoms with Gasteiger partial charge in [0, 0.05) is 0 Å². The number of carbonyl (C=O) groups excluding carboxylic acids is 1. The summed E-state index contributed by atoms with van der Waals surface area (Å²) in [5.74, 6) is -0.463. The smallest absolute Gasteiger partial charge is 0.312 e. The number of carbonyl (C=O) groups is 1. The fraction of sp³-hybridized carbons (Fsp3) is 0.316. The van der Waals surface area contributed by atoms with Crippen LogP contribution in [0.4, 0.5) is 0 Å². The van der Waals surface area contributed by atoms with Crippen molar-refractivity contribution in [3.8, 4) is 0 Å². The van der Waals surface area contributed by atoms with Crippen molar-refractivity contribution in [2.75, 3.05) is 0 Å². The number of ether oxygens (including phenoxy) is 1. The van der Waals surface area contributed by atoms with Gasteiger partial charge in [-0.2, -0.15) is 5.10 Å². The first-order valence-corrected chi connectivity index (χ1v) is 9.75. The van der Waals surface area contributed by atoms with Gasteiger partial charge < -0.3 is 4.74 Å². The van der Waals surface area contributed by atoms with Crippen molar-refractivity contribution in [2.45, 2.75) is 39.3 Å². The van der Waals surface area contributed by atoms with Crippen molar-refractivity contribution >= 4 is 38.6 Å². The molecule has 0 unspecified atom stereocenters. The van der Waals surface area contributed by atoms with E-state index in [4.69, 9.17) is 4.74 Å². The second kappa shape index (κ2) is 7.28. The van der Waals surface area contributed by atoms with Crippen molar-refractivity contribution in [1.29, 1.82) is 0 Å². The van der Waals surface area contributed by atoms with Crippen LogP contribution in [-0.4, -0.2) is 41.5 Å². The van der Waals surface area contributed by atoms with Crippen molar-refractivity contribution < 1.29 is 9.53 Å². The minimum atomic E-state index is -0.629. The number of para-hydroxylation sites is 1. The second-order valence-corrected chi connectivity index (χ2v) is 8.52. The van der Waals surface area contributed by atoms with Gasteiger partial charge in [0.15, 0.2) is 5.52 Å². The fourth-order valence-electron chi connectivity index (χ4n) is 2.85. The zero-order chi connectivity index (χ0) is 20.6. The molecule has 0 aliphatic rings. The molecule has 0 spiro atoms. The van der Waals surface area contributed by atoms with Gasteiger partial charge in [0.05, 0.1) is 23.2 Å². The van der Waals surface area contributed by atoms with Gasteiger partial charge >= 0.3 is 5.97 Å². The molecule has 9 nitrogen and oxygen atoms in total. The first-order chi connectivity index (χ1) is 13.8. The Morgan fingerprint density at radius 1 is 1.21 bits per heavy atom. The Labute approximate surface area is 169 Å². The van der Waals surface area contributed by atoms with Gasteiger partial charge in [-0.3, -0.25) is 9.59 Å². The summed E-state index contributed by atoms with van der Waals surface area (Å²) in [5.41, 5.74) is 0.406. The second-order valence-electron chi connectivity index (χ2n) is 7.41. The molecule has 0 radical (unpaired) electrons. The quantitative estimate of drug-likeness (QED) is 0.470. The summed E-state index contributed by atoms with van der Waals surface area (Å²) in [6, 6.07) is 7.73. The van der Waals surface area contributed by atoms with Gasteiger partial charge in [0.2, 0.25) is 0 Å². The summed E-state index contributed by atoms with van der Waals surface area (Å²) < 4.78 is 7.64. The van der Waals surface area contributed by atoms with Crippen molar-refractivity contribution in [1.82, 2.24) is 29.9 Å². The highest BCUT2D eigenvalue weighted by Crippen LogP contribution is 2.22. The van der Waals surface area contributed by atoms with Crippen LogP contribution in [0.3, 0.4) is 0 Å². The predicted molar refractivity (Wildman–Crippen MR) is 108 cm³/mol. The largest absolute Gasteiger partial charge is 0.460 e. The number of rotatable bonds is 4. The Kier molecular flexibility index (Phi) is 4.79. The Bertz CT molecular complexity index is 1240. The van der Waals surface area contributed by atoms with Crippen LogP contribution < -0.4 is 5.56 Å². The number of hydrogen-bond acceptors (Lipinski definition) is 9. The van der Waals surface area contributed by atoms with Gasteiger partial charge in [0.1, 0.15) is 28.1 Å². The Morgan fingerprint density at radius 2 is 2.00 bits per heavy atom. The third-order valence-corrected chi connectivity index (χ3v) is 4.95. The first kappa shape index (κ1) is 19.1. The van der Waals surface area contributed by atoms with Crippen molar-refractivity contribution in [3.63, 3.8) is 0 Å². The van der Waals surface area contributed by atoms with E-state index in [1.54, 1.807) is 20.8 Å². The van der Waals surface area contributed by atoms with Crippen molar-refractivity contribution in [2.24, 2.45) is 0 Å². The molecule has 4 aromatic rings. The summed E-state index contributed by atoms with van der Waals surface area (Å²) in [6.45, 7) is 5.52. The van der Waals surface area contributed by atoms with E-state index in [1.807, 2.05) is 24.3 Å². The van der Waals surface area contributed by atoms with E-state index in [0.717, 1.165) is 15.2 Å². The zero-order valence-electron chi connectivity index (χ0n) is 16.1. The Balaban J connectivity index is 1.75. The summed E-state index contributed by atoms with van der Waals surface area (Å²) in [5, 5.41) is 12.7. The van der Waals surface area contributed by atoms with Crippen LogP contribution in [-0.2, 0) is 22.5 Å². The zero-order valence-corrected chi connectivity index (χ0v) is 16.9. The van der Waals surface area contributed by atoms with Crippen LogP contribution in [0.2, 0.25) is 0 Å². The molecule has 0 fully saturated rings. The minimum Gasteiger partial charge on any atom is -0.460 e. The van der Waals surface area contributed by atoms with Crippen LogP contribution in [0.1, 0.15) is 31.5 Å². The van der Waals surface area contributed by atoms with Gasteiger partial charge in [-0.25, -0.2) is 14.6 Å². The highest BCUT2D eigenvalue weighted by molar-refractivity contribution is 7.18. The lowest BCUT2D eigenvalue weighted by Gasteiger charge is -2.19. The molecule has 1 aromatic carbocycles. The van der Waals surface area contributed by atoms with Crippen LogP contribution in [0.15, 0.2) is 35.4 Å². The topological polar surface area (TPSA) is 113 Å². The molecule has 0 aliphatic heterocycles. The van der Waals surface area contributed by atoms with Crippen LogP contribution in [0, 0.1) is 0 Å². The molecule has 3 heterocycles. The van der Waals surface area contributed by atoms with E-state index in [2.05, 4.69) is 25.3 Å². The van der Waals surface area contributed by atoms with E-state index in [9.17, 15) is 9.59 Å². The maximum Gasteiger partial charge on any atom is 0.312 e. The number of hydrogen-bond donors (Lipinski definition) is 0. The molecule has 29 heavy (non-hydrogen) atoms. The van der Waals surface area contributed by atoms with Crippen LogP contribution in [0.5, 0.6) is 0 Å². The van der Waals surface area contributed by atoms with Gasteiger partial charge in [-0.05, 0) is 32.9 Å². The number of thiazole rings is 1. The third-order valence-electron chi connectivity index (χ3n) is 3.93. The normalized spacial score (nSPS) is 11.8. The lowest BCUT2D eigenvalue weighted by Crippen LogP contribution is -2.29. The summed E-state index contributed by atoms with van der Waals surface area (Å²) in [4.78, 5) is 33.8. The van der Waals surface area contributed by atoms with Gasteiger partial charge in [-0.1, -0.05) is 12.1 Å². The molecule has 3 aromatic heterocycles. The lowest BCUT2D eigenvalue weighted by atomic mass is 10.2. The van der Waals surface area contributed by atoms with Gasteiger partial charge in [0.25, 0.3) is 5.56 Å². The van der Waals surface area contributed by atoms with Crippen LogP contribution in [0.25, 0.3) is 21.3 Å². The van der Waals surface area contributed by atoms with E-state index in [0.29, 0.717) is 5.69 Å². The Morgan fingerprint density at radius 3 is 2.76 bits per heavy atom. The van der Waals surface area contributed by atoms with Crippen molar-refractivity contribution in [3.05, 3.63) is 51.6 Å². The molecule has 0 saturated carbocycles. The standard InChI is InChI=1S/C19H18N6O3S/c1-19(2,3)28-15(26)8-12-16-17(23-21-10-20-16)18(27)25(24-12)9-14-22-11-6-4-5-7-13(11)29-14/h4-7,10H,8-9H2,1-3H3. The number of fused-ring (bicyclic) bond motifs is 2. The summed E-state index contributed by atoms with van der Waals surface area (Å²) >= 11 is 1.48. The van der Waals surface area contributed by atoms with E-state index < -0.39 is 17.1 Å². The molecular weight excluding hydrogens is 392 g/mol. The van der Waals surface area contributed by atoms with Gasteiger partial charge in [-0.15, -0.1) is 21.5 Å². The molecule has 148 valence electrons. The number of nitrogens with zero attached hydrogens (tertiary/aromatic N) is 6. The predicted octanol–water partition coefficient (Wildman–Crippen LogP) is 2.12. The average molecular weight is 410 g/mol. The molecule has 0 amide bonds. The van der Waals surface area contributed by atoms with E-state index in [-0.39, 0.29) is 24.0 Å². The highest BCUT2D eigenvalue weighted by Gasteiger charge is 2.21. The minimum absolute atomic E-state index is 0.0576. The molecule has 0 bridgehead atoms. The average Bonchev–Trinajstić information content (AvgIpc) is 3.06. The molecule has 10 heteroatoms. The van der Waals surface area contributed by atoms with E-state index >= 15 is 0 Å².